The van der Waals surface area contributed by atoms with E-state index < -0.39 is 18.8 Å². The summed E-state index contributed by atoms with van der Waals surface area (Å²) in [4.78, 5) is 21.4. The second-order valence-corrected chi connectivity index (χ2v) is 5.76. The van der Waals surface area contributed by atoms with Gasteiger partial charge in [0.25, 0.3) is 5.91 Å². The van der Waals surface area contributed by atoms with Gasteiger partial charge in [-0.15, -0.1) is 0 Å². The van der Waals surface area contributed by atoms with E-state index in [1.165, 1.54) is 9.80 Å². The van der Waals surface area contributed by atoms with Crippen molar-refractivity contribution in [2.75, 3.05) is 48.7 Å². The van der Waals surface area contributed by atoms with Crippen molar-refractivity contribution in [3.05, 3.63) is 42.5 Å². The van der Waals surface area contributed by atoms with Crippen LogP contribution in [0.25, 0.3) is 0 Å². The van der Waals surface area contributed by atoms with E-state index in [1.807, 2.05) is 30.1 Å². The molecule has 3 heterocycles. The molecule has 0 aliphatic carbocycles. The van der Waals surface area contributed by atoms with Crippen molar-refractivity contribution >= 4 is 28.9 Å². The highest BCUT2D eigenvalue weighted by atomic mass is 19.3. The van der Waals surface area contributed by atoms with Crippen molar-refractivity contribution in [3.8, 4) is 0 Å². The number of carbonyl (C=O) groups excluding carboxylic acids is 1. The summed E-state index contributed by atoms with van der Waals surface area (Å²) in [7, 11) is 1.93. The van der Waals surface area contributed by atoms with E-state index in [0.717, 1.165) is 23.1 Å². The summed E-state index contributed by atoms with van der Waals surface area (Å²) in [6.07, 6.45) is 1.00. The maximum atomic E-state index is 13.9. The summed E-state index contributed by atoms with van der Waals surface area (Å²) < 4.78 is 33.1. The van der Waals surface area contributed by atoms with Gasteiger partial charge in [-0.1, -0.05) is 6.58 Å². The number of rotatable bonds is 1. The van der Waals surface area contributed by atoms with Gasteiger partial charge >= 0.3 is 0 Å². The second-order valence-electron chi connectivity index (χ2n) is 5.76. The van der Waals surface area contributed by atoms with Crippen LogP contribution in [0.4, 0.5) is 30.2 Å². The number of alkyl halides is 2. The highest BCUT2D eigenvalue weighted by molar-refractivity contribution is 6.22. The number of halogens is 3. The van der Waals surface area contributed by atoms with E-state index in [0.29, 0.717) is 31.3 Å². The number of anilines is 3. The zero-order valence-corrected chi connectivity index (χ0v) is 14.2. The minimum absolute atomic E-state index is 0.347. The van der Waals surface area contributed by atoms with Gasteiger partial charge in [-0.3, -0.25) is 14.7 Å². The van der Waals surface area contributed by atoms with Crippen LogP contribution in [0.15, 0.2) is 47.5 Å². The third kappa shape index (κ3) is 3.00. The number of amides is 1. The van der Waals surface area contributed by atoms with Crippen LogP contribution in [0.2, 0.25) is 0 Å². The van der Waals surface area contributed by atoms with E-state index in [4.69, 9.17) is 0 Å². The van der Waals surface area contributed by atoms with Crippen LogP contribution in [0, 0.1) is 0 Å². The van der Waals surface area contributed by atoms with Gasteiger partial charge in [-0.2, -0.15) is 4.39 Å². The van der Waals surface area contributed by atoms with Crippen molar-refractivity contribution < 1.29 is 18.0 Å². The van der Waals surface area contributed by atoms with E-state index in [2.05, 4.69) is 16.9 Å². The lowest BCUT2D eigenvalue weighted by Gasteiger charge is -2.34. The van der Waals surface area contributed by atoms with Gasteiger partial charge in [0, 0.05) is 19.3 Å². The molecule has 3 aliphatic rings. The molecular weight excluding hydrogens is 347 g/mol. The molecule has 0 atom stereocenters. The highest BCUT2D eigenvalue weighted by Crippen LogP contribution is 2.36. The lowest BCUT2D eigenvalue weighted by Crippen LogP contribution is -2.48. The molecule has 0 saturated heterocycles. The van der Waals surface area contributed by atoms with Gasteiger partial charge < -0.3 is 10.2 Å². The number of guanidine groups is 1. The summed E-state index contributed by atoms with van der Waals surface area (Å²) in [6, 6.07) is 5.64. The van der Waals surface area contributed by atoms with Crippen molar-refractivity contribution in [2.24, 2.45) is 4.99 Å². The monoisotopic (exact) mass is 365 g/mol. The Kier molecular flexibility index (Phi) is 4.88. The molecule has 3 aliphatic heterocycles. The normalized spacial score (nSPS) is 18.4. The van der Waals surface area contributed by atoms with E-state index in [-0.39, 0.29) is 0 Å². The van der Waals surface area contributed by atoms with Crippen LogP contribution in [0.1, 0.15) is 0 Å². The molecule has 1 aromatic rings. The molecule has 4 rings (SSSR count). The molecule has 1 aromatic carbocycles. The first-order valence-electron chi connectivity index (χ1n) is 7.92. The smallest absolute Gasteiger partial charge is 0.262 e. The highest BCUT2D eigenvalue weighted by Gasteiger charge is 2.35. The average molecular weight is 365 g/mol. The first-order chi connectivity index (χ1) is 12.5. The zero-order chi connectivity index (χ0) is 18.8. The van der Waals surface area contributed by atoms with Gasteiger partial charge in [0.1, 0.15) is 0 Å². The van der Waals surface area contributed by atoms with Gasteiger partial charge in [0.2, 0.25) is 18.8 Å². The maximum absolute atomic E-state index is 13.9. The molecule has 0 aromatic heterocycles. The lowest BCUT2D eigenvalue weighted by molar-refractivity contribution is -0.113. The fraction of sp³-hybridized carbons (Fsp3) is 0.294. The molecule has 0 radical (unpaired) electrons. The van der Waals surface area contributed by atoms with E-state index in [1.54, 1.807) is 0 Å². The molecule has 0 saturated carbocycles. The first-order valence-corrected chi connectivity index (χ1v) is 7.92. The first kappa shape index (κ1) is 17.8. The molecule has 26 heavy (non-hydrogen) atoms. The number of carbonyl (C=O) groups is 1. The Labute approximate surface area is 148 Å². The van der Waals surface area contributed by atoms with Crippen LogP contribution < -0.4 is 15.1 Å². The Morgan fingerprint density at radius 2 is 2.08 bits per heavy atom. The van der Waals surface area contributed by atoms with E-state index in [9.17, 15) is 18.0 Å². The minimum Gasteiger partial charge on any atom is -0.378 e. The molecule has 9 heteroatoms. The van der Waals surface area contributed by atoms with Crippen LogP contribution in [-0.2, 0) is 4.79 Å². The van der Waals surface area contributed by atoms with Gasteiger partial charge in [-0.25, -0.2) is 13.7 Å². The summed E-state index contributed by atoms with van der Waals surface area (Å²) in [5.74, 6) is -0.627. The van der Waals surface area contributed by atoms with Crippen molar-refractivity contribution in [1.82, 2.24) is 4.90 Å². The number of benzene rings is 1. The Hall–Kier alpha value is -2.97. The Morgan fingerprint density at radius 1 is 1.35 bits per heavy atom. The molecule has 138 valence electrons. The topological polar surface area (TPSA) is 51.2 Å². The van der Waals surface area contributed by atoms with Crippen LogP contribution in [0.5, 0.6) is 0 Å². The van der Waals surface area contributed by atoms with Gasteiger partial charge in [0.05, 0.1) is 36.2 Å². The third-order valence-electron chi connectivity index (χ3n) is 4.30. The summed E-state index contributed by atoms with van der Waals surface area (Å²) in [5.41, 5.74) is 3.49. The zero-order valence-electron chi connectivity index (χ0n) is 14.2. The van der Waals surface area contributed by atoms with Crippen LogP contribution in [-0.4, -0.2) is 50.4 Å². The fourth-order valence-corrected chi connectivity index (χ4v) is 2.99. The van der Waals surface area contributed by atoms with Crippen molar-refractivity contribution in [2.45, 2.75) is 0 Å². The summed E-state index contributed by atoms with van der Waals surface area (Å²) in [5, 5.41) is 3.28. The number of nitrogens with zero attached hydrogens (tertiary/aromatic N) is 4. The molecule has 0 bridgehead atoms. The van der Waals surface area contributed by atoms with Gasteiger partial charge in [0.15, 0.2) is 0 Å². The van der Waals surface area contributed by atoms with Crippen LogP contribution >= 0.6 is 0 Å². The van der Waals surface area contributed by atoms with Crippen molar-refractivity contribution in [1.29, 1.82) is 0 Å². The van der Waals surface area contributed by atoms with Crippen LogP contribution in [0.3, 0.4) is 0 Å². The maximum Gasteiger partial charge on any atom is 0.262 e. The van der Waals surface area contributed by atoms with E-state index >= 15 is 0 Å². The fourth-order valence-electron chi connectivity index (χ4n) is 2.99. The SMILES string of the molecule is C=C1CNc2ccc(N3C(=O)C=C(F)N4CCN=C43)cc2N1C.FCF. The number of hydrogen-bond donors (Lipinski definition) is 1. The summed E-state index contributed by atoms with van der Waals surface area (Å²) >= 11 is 0. The second kappa shape index (κ2) is 7.11. The quantitative estimate of drug-likeness (QED) is 0.778. The molecular formula is C17H18F3N5O. The molecule has 0 spiro atoms. The number of aliphatic imine (C=N–C) groups is 1. The standard InChI is InChI=1S/C16H16FN5O.CH2F2/c1-10-9-19-12-4-3-11(7-13(12)20(10)2)22-15(23)8-14(17)21-6-5-18-16(21)22;2-1-3/h3-4,7-8,19H,1,5-6,9H2,2H3;1H2. The minimum atomic E-state index is -1.75. The third-order valence-corrected chi connectivity index (χ3v) is 4.30. The van der Waals surface area contributed by atoms with Gasteiger partial charge in [-0.05, 0) is 18.2 Å². The number of nitrogens with one attached hydrogen (secondary N) is 1. The molecule has 0 fully saturated rings. The molecule has 6 nitrogen and oxygen atoms in total. The molecule has 1 amide bonds. The lowest BCUT2D eigenvalue weighted by atomic mass is 10.1. The number of hydrogen-bond acceptors (Lipinski definition) is 5. The largest absolute Gasteiger partial charge is 0.378 e. The Morgan fingerprint density at radius 3 is 2.81 bits per heavy atom. The summed E-state index contributed by atoms with van der Waals surface area (Å²) in [6.45, 7) is 3.86. The Bertz CT molecular complexity index is 808. The predicted molar refractivity (Wildman–Crippen MR) is 95.2 cm³/mol. The molecule has 1 N–H and O–H groups in total. The number of likely N-dealkylation sites (N-methyl/N-ethyl adjacent to an activating group) is 1. The predicted octanol–water partition coefficient (Wildman–Crippen LogP) is 2.77. The number of fused-ring (bicyclic) bond motifs is 2. The average Bonchev–Trinajstić information content (AvgIpc) is 3.09. The Balaban J connectivity index is 0.000000613. The van der Waals surface area contributed by atoms with Crippen molar-refractivity contribution in [3.63, 3.8) is 0 Å². The molecule has 0 unspecified atom stereocenters.